The molecule has 1 aromatic rings. The zero-order valence-corrected chi connectivity index (χ0v) is 8.09. The molecule has 0 aliphatic rings. The lowest BCUT2D eigenvalue weighted by atomic mass is 10.0. The van der Waals surface area contributed by atoms with E-state index in [4.69, 9.17) is 10.8 Å². The fraction of sp³-hybridized carbons (Fsp3) is 0.333. The fourth-order valence-electron chi connectivity index (χ4n) is 0.992. The van der Waals surface area contributed by atoms with Crippen molar-refractivity contribution in [3.63, 3.8) is 0 Å². The Hall–Kier alpha value is -0.640. The summed E-state index contributed by atoms with van der Waals surface area (Å²) in [5.41, 5.74) is 6.21. The highest BCUT2D eigenvalue weighted by molar-refractivity contribution is 5.85. The van der Waals surface area contributed by atoms with Gasteiger partial charge in [-0.3, -0.25) is 0 Å². The molecule has 0 aliphatic heterocycles. The van der Waals surface area contributed by atoms with Gasteiger partial charge in [-0.25, -0.2) is 4.39 Å². The van der Waals surface area contributed by atoms with Crippen LogP contribution in [0.4, 0.5) is 4.39 Å². The fourth-order valence-corrected chi connectivity index (χ4v) is 0.992. The molecule has 13 heavy (non-hydrogen) atoms. The van der Waals surface area contributed by atoms with Crippen LogP contribution >= 0.6 is 12.4 Å². The molecule has 1 aromatic carbocycles. The van der Waals surface area contributed by atoms with Crippen LogP contribution in [-0.4, -0.2) is 11.2 Å². The quantitative estimate of drug-likeness (QED) is 0.771. The van der Waals surface area contributed by atoms with Gasteiger partial charge < -0.3 is 10.8 Å². The summed E-state index contributed by atoms with van der Waals surface area (Å²) in [7, 11) is 0. The summed E-state index contributed by atoms with van der Waals surface area (Å²) in [6, 6.07) is 5.43. The third kappa shape index (κ3) is 3.30. The third-order valence-electron chi connectivity index (χ3n) is 1.75. The van der Waals surface area contributed by atoms with E-state index >= 15 is 0 Å². The number of rotatable bonds is 2. The Bertz CT molecular complexity index is 268. The van der Waals surface area contributed by atoms with Gasteiger partial charge in [0, 0.05) is 0 Å². The van der Waals surface area contributed by atoms with Crippen LogP contribution in [0.3, 0.4) is 0 Å². The molecule has 2 nitrogen and oxygen atoms in total. The molecule has 0 heterocycles. The number of aliphatic hydroxyl groups excluding tert-OH is 1. The molecule has 1 rings (SSSR count). The predicted molar refractivity (Wildman–Crippen MR) is 52.3 cm³/mol. The van der Waals surface area contributed by atoms with E-state index in [0.717, 1.165) is 0 Å². The summed E-state index contributed by atoms with van der Waals surface area (Å²) in [4.78, 5) is 0. The molecule has 0 fully saturated rings. The van der Waals surface area contributed by atoms with E-state index in [2.05, 4.69) is 0 Å². The molecule has 0 spiro atoms. The first-order chi connectivity index (χ1) is 5.61. The highest BCUT2D eigenvalue weighted by atomic mass is 35.5. The van der Waals surface area contributed by atoms with Crippen LogP contribution in [0, 0.1) is 5.82 Å². The summed E-state index contributed by atoms with van der Waals surface area (Å²) in [5.74, 6) is -0.330. The van der Waals surface area contributed by atoms with Crippen molar-refractivity contribution in [3.05, 3.63) is 35.6 Å². The van der Waals surface area contributed by atoms with Gasteiger partial charge in [0.1, 0.15) is 5.82 Å². The van der Waals surface area contributed by atoms with Crippen molar-refractivity contribution in [3.8, 4) is 0 Å². The summed E-state index contributed by atoms with van der Waals surface area (Å²) in [6.07, 6.45) is -0.660. The van der Waals surface area contributed by atoms with Gasteiger partial charge in [-0.05, 0) is 24.6 Å². The van der Waals surface area contributed by atoms with Crippen LogP contribution in [0.15, 0.2) is 24.3 Å². The zero-order chi connectivity index (χ0) is 9.14. The maximum absolute atomic E-state index is 12.7. The Morgan fingerprint density at radius 2 is 2.08 bits per heavy atom. The molecule has 74 valence electrons. The molecule has 2 atom stereocenters. The van der Waals surface area contributed by atoms with E-state index in [1.807, 2.05) is 0 Å². The Balaban J connectivity index is 0.00000144. The molecule has 3 N–H and O–H groups in total. The lowest BCUT2D eigenvalue weighted by molar-refractivity contribution is 0.164. The molecule has 0 bridgehead atoms. The lowest BCUT2D eigenvalue weighted by Gasteiger charge is -2.14. The van der Waals surface area contributed by atoms with Crippen molar-refractivity contribution in [1.29, 1.82) is 0 Å². The normalized spacial score (nSPS) is 14.5. The second-order valence-corrected chi connectivity index (χ2v) is 2.82. The van der Waals surface area contributed by atoms with Crippen LogP contribution in [0.1, 0.15) is 18.5 Å². The molecule has 4 heteroatoms. The summed E-state index contributed by atoms with van der Waals surface area (Å²) in [5, 5.41) is 9.12. The number of halogens is 2. The van der Waals surface area contributed by atoms with Crippen LogP contribution in [0.5, 0.6) is 0 Å². The Kier molecular flexibility index (Phi) is 4.91. The Morgan fingerprint density at radius 1 is 1.46 bits per heavy atom. The summed E-state index contributed by atoms with van der Waals surface area (Å²) in [6.45, 7) is 1.58. The molecule has 0 saturated carbocycles. The van der Waals surface area contributed by atoms with Gasteiger partial charge in [-0.1, -0.05) is 12.1 Å². The minimum atomic E-state index is -0.660. The van der Waals surface area contributed by atoms with Crippen LogP contribution < -0.4 is 5.73 Å². The molecule has 2 unspecified atom stereocenters. The predicted octanol–water partition coefficient (Wildman–Crippen LogP) is 1.63. The molecule has 0 saturated heterocycles. The molecule has 0 amide bonds. The van der Waals surface area contributed by atoms with E-state index in [0.29, 0.717) is 5.56 Å². The van der Waals surface area contributed by atoms with Crippen molar-refractivity contribution in [2.75, 3.05) is 0 Å². The smallest absolute Gasteiger partial charge is 0.123 e. The van der Waals surface area contributed by atoms with Gasteiger partial charge in [0.25, 0.3) is 0 Å². The van der Waals surface area contributed by atoms with Gasteiger partial charge in [0.2, 0.25) is 0 Å². The summed E-state index contributed by atoms with van der Waals surface area (Å²) >= 11 is 0. The van der Waals surface area contributed by atoms with Gasteiger partial charge in [-0.2, -0.15) is 0 Å². The van der Waals surface area contributed by atoms with Gasteiger partial charge in [0.05, 0.1) is 12.1 Å². The van der Waals surface area contributed by atoms with Crippen LogP contribution in [0.25, 0.3) is 0 Å². The van der Waals surface area contributed by atoms with Gasteiger partial charge in [0.15, 0.2) is 0 Å². The van der Waals surface area contributed by atoms with E-state index < -0.39 is 12.1 Å². The SMILES string of the molecule is CC(O)C(N)c1cccc(F)c1.Cl. The second-order valence-electron chi connectivity index (χ2n) is 2.82. The molecule has 0 aromatic heterocycles. The van der Waals surface area contributed by atoms with Gasteiger partial charge >= 0.3 is 0 Å². The summed E-state index contributed by atoms with van der Waals surface area (Å²) < 4.78 is 12.7. The number of hydrogen-bond donors (Lipinski definition) is 2. The molecule has 0 radical (unpaired) electrons. The first-order valence-electron chi connectivity index (χ1n) is 3.80. The second kappa shape index (κ2) is 5.17. The van der Waals surface area contributed by atoms with Crippen LogP contribution in [-0.2, 0) is 0 Å². The average Bonchev–Trinajstić information content (AvgIpc) is 2.03. The standard InChI is InChI=1S/C9H12FNO.ClH/c1-6(12)9(11)7-3-2-4-8(10)5-7;/h2-6,9,12H,11H2,1H3;1H. The van der Waals surface area contributed by atoms with E-state index in [9.17, 15) is 4.39 Å². The Morgan fingerprint density at radius 3 is 2.54 bits per heavy atom. The molecule has 0 aliphatic carbocycles. The van der Waals surface area contributed by atoms with E-state index in [1.165, 1.54) is 12.1 Å². The van der Waals surface area contributed by atoms with Gasteiger partial charge in [-0.15, -0.1) is 12.4 Å². The van der Waals surface area contributed by atoms with E-state index in [1.54, 1.807) is 19.1 Å². The van der Waals surface area contributed by atoms with E-state index in [-0.39, 0.29) is 18.2 Å². The van der Waals surface area contributed by atoms with Crippen molar-refractivity contribution in [2.45, 2.75) is 19.1 Å². The highest BCUT2D eigenvalue weighted by Gasteiger charge is 2.11. The molecular formula is C9H13ClFNO. The number of aliphatic hydroxyl groups is 1. The number of hydrogen-bond acceptors (Lipinski definition) is 2. The number of nitrogens with two attached hydrogens (primary N) is 1. The van der Waals surface area contributed by atoms with Crippen molar-refractivity contribution < 1.29 is 9.50 Å². The average molecular weight is 206 g/mol. The minimum Gasteiger partial charge on any atom is -0.391 e. The topological polar surface area (TPSA) is 46.2 Å². The first-order valence-corrected chi connectivity index (χ1v) is 3.80. The maximum atomic E-state index is 12.7. The van der Waals surface area contributed by atoms with Crippen molar-refractivity contribution in [2.24, 2.45) is 5.73 Å². The van der Waals surface area contributed by atoms with Crippen LogP contribution in [0.2, 0.25) is 0 Å². The molecular weight excluding hydrogens is 193 g/mol. The third-order valence-corrected chi connectivity index (χ3v) is 1.75. The first kappa shape index (κ1) is 12.4. The number of benzene rings is 1. The minimum absolute atomic E-state index is 0. The monoisotopic (exact) mass is 205 g/mol. The highest BCUT2D eigenvalue weighted by Crippen LogP contribution is 2.14. The Labute approximate surface area is 83.0 Å². The largest absolute Gasteiger partial charge is 0.391 e. The van der Waals surface area contributed by atoms with Crippen molar-refractivity contribution >= 4 is 12.4 Å². The zero-order valence-electron chi connectivity index (χ0n) is 7.27. The van der Waals surface area contributed by atoms with Crippen molar-refractivity contribution in [1.82, 2.24) is 0 Å². The lowest BCUT2D eigenvalue weighted by Crippen LogP contribution is -2.23. The maximum Gasteiger partial charge on any atom is 0.123 e.